The van der Waals surface area contributed by atoms with E-state index in [2.05, 4.69) is 219 Å². The molecule has 0 saturated heterocycles. The lowest BCUT2D eigenvalue weighted by molar-refractivity contribution is 1.13. The van der Waals surface area contributed by atoms with E-state index in [-0.39, 0.29) is 0 Å². The van der Waals surface area contributed by atoms with E-state index in [0.717, 1.165) is 61.1 Å². The van der Waals surface area contributed by atoms with Gasteiger partial charge < -0.3 is 18.3 Å². The van der Waals surface area contributed by atoms with Crippen molar-refractivity contribution in [3.05, 3.63) is 200 Å². The summed E-state index contributed by atoms with van der Waals surface area (Å²) >= 11 is 0. The number of benzene rings is 8. The van der Waals surface area contributed by atoms with Gasteiger partial charge in [-0.25, -0.2) is 0 Å². The largest absolute Gasteiger partial charge is 0.309 e. The Balaban J connectivity index is 1.07. The highest BCUT2D eigenvalue weighted by Gasteiger charge is 2.23. The molecule has 0 unspecified atom stereocenters. The van der Waals surface area contributed by atoms with Crippen LogP contribution >= 0.6 is 0 Å². The quantitative estimate of drug-likeness (QED) is 0.177. The molecule has 8 aromatic carbocycles. The third kappa shape index (κ3) is 4.22. The van der Waals surface area contributed by atoms with Crippen molar-refractivity contribution in [2.45, 2.75) is 0 Å². The maximum absolute atomic E-state index is 5.19. The van der Waals surface area contributed by atoms with Crippen molar-refractivity contribution in [3.63, 3.8) is 0 Å². The van der Waals surface area contributed by atoms with Gasteiger partial charge in [-0.2, -0.15) is 0 Å². The molecule has 5 nitrogen and oxygen atoms in total. The molecule has 0 spiro atoms. The van der Waals surface area contributed by atoms with Gasteiger partial charge in [-0.1, -0.05) is 109 Å². The first-order chi connectivity index (χ1) is 28.8. The SMILES string of the molecule is c1ccc(-n2c3ccccc3c3cc4c(cc32)c2ccccc2n4-c2ccc(-n3c4ccccc4c4ncc5c6ccccc6n(-c6ccccc6)c5c43)cc2)cc1. The molecular formula is C53H33N5. The number of nitrogens with zero attached hydrogens (tertiary/aromatic N) is 5. The molecule has 0 fully saturated rings. The van der Waals surface area contributed by atoms with E-state index in [0.29, 0.717) is 0 Å². The number of rotatable bonds is 4. The van der Waals surface area contributed by atoms with Crippen LogP contribution in [0.3, 0.4) is 0 Å². The van der Waals surface area contributed by atoms with E-state index in [1.54, 1.807) is 0 Å². The summed E-state index contributed by atoms with van der Waals surface area (Å²) in [5.41, 5.74) is 14.8. The average Bonchev–Trinajstić information content (AvgIpc) is 4.01. The van der Waals surface area contributed by atoms with Gasteiger partial charge in [0.1, 0.15) is 0 Å². The second-order valence-corrected chi connectivity index (χ2v) is 15.2. The fraction of sp³-hybridized carbons (Fsp3) is 0. The predicted octanol–water partition coefficient (Wildman–Crippen LogP) is 13.5. The molecule has 0 bridgehead atoms. The van der Waals surface area contributed by atoms with E-state index in [9.17, 15) is 0 Å². The standard InChI is InChI=1S/C53H33N5/c1-3-15-34(16-4-1)55-45-23-11-7-19-38(45)42-32-50-43(31-49(42)55)39-20-8-12-24-46(39)56(50)36-27-29-37(30-28-36)58-48-26-14-10-22-41(48)51-53(58)52-44(33-54-51)40-21-9-13-25-47(40)57(52)35-17-5-2-6-18-35/h1-33H. The highest BCUT2D eigenvalue weighted by molar-refractivity contribution is 6.22. The van der Waals surface area contributed by atoms with Crippen molar-refractivity contribution >= 4 is 87.4 Å². The van der Waals surface area contributed by atoms with Gasteiger partial charge in [0.2, 0.25) is 0 Å². The van der Waals surface area contributed by atoms with E-state index in [1.807, 2.05) is 0 Å². The average molecular weight is 740 g/mol. The molecule has 0 radical (unpaired) electrons. The second kappa shape index (κ2) is 11.8. The van der Waals surface area contributed by atoms with Gasteiger partial charge in [0.25, 0.3) is 0 Å². The van der Waals surface area contributed by atoms with Crippen molar-refractivity contribution in [2.24, 2.45) is 0 Å². The minimum Gasteiger partial charge on any atom is -0.309 e. The Kier molecular flexibility index (Phi) is 6.38. The predicted molar refractivity (Wildman–Crippen MR) is 242 cm³/mol. The van der Waals surface area contributed by atoms with Gasteiger partial charge in [0.05, 0.1) is 49.7 Å². The van der Waals surface area contributed by atoms with Crippen LogP contribution in [0.5, 0.6) is 0 Å². The first kappa shape index (κ1) is 31.3. The second-order valence-electron chi connectivity index (χ2n) is 15.2. The van der Waals surface area contributed by atoms with E-state index < -0.39 is 0 Å². The summed E-state index contributed by atoms with van der Waals surface area (Å²) in [6.07, 6.45) is 2.07. The topological polar surface area (TPSA) is 32.6 Å². The molecule has 0 saturated carbocycles. The molecule has 5 aromatic heterocycles. The summed E-state index contributed by atoms with van der Waals surface area (Å²) in [5, 5.41) is 8.41. The minimum absolute atomic E-state index is 0.994. The zero-order valence-electron chi connectivity index (χ0n) is 31.3. The van der Waals surface area contributed by atoms with Gasteiger partial charge in [-0.15, -0.1) is 0 Å². The summed E-state index contributed by atoms with van der Waals surface area (Å²) in [7, 11) is 0. The van der Waals surface area contributed by atoms with Crippen molar-refractivity contribution < 1.29 is 0 Å². The van der Waals surface area contributed by atoms with E-state index >= 15 is 0 Å². The minimum atomic E-state index is 0.994. The highest BCUT2D eigenvalue weighted by atomic mass is 15.1. The normalized spacial score (nSPS) is 12.1. The zero-order valence-corrected chi connectivity index (χ0v) is 31.3. The molecule has 270 valence electrons. The van der Waals surface area contributed by atoms with Gasteiger partial charge in [0.15, 0.2) is 0 Å². The van der Waals surface area contributed by atoms with Gasteiger partial charge in [0, 0.05) is 66.6 Å². The van der Waals surface area contributed by atoms with Gasteiger partial charge in [-0.05, 0) is 84.9 Å². The van der Waals surface area contributed by atoms with Crippen molar-refractivity contribution in [1.82, 2.24) is 23.3 Å². The first-order valence-electron chi connectivity index (χ1n) is 19.8. The molecule has 0 aliphatic rings. The van der Waals surface area contributed by atoms with Gasteiger partial charge >= 0.3 is 0 Å². The summed E-state index contributed by atoms with van der Waals surface area (Å²) in [5.74, 6) is 0. The van der Waals surface area contributed by atoms with Crippen LogP contribution in [-0.4, -0.2) is 23.3 Å². The Bertz CT molecular complexity index is 3770. The van der Waals surface area contributed by atoms with Crippen molar-refractivity contribution in [1.29, 1.82) is 0 Å². The number of fused-ring (bicyclic) bond motifs is 13. The van der Waals surface area contributed by atoms with Crippen LogP contribution in [0.25, 0.3) is 110 Å². The van der Waals surface area contributed by atoms with Crippen LogP contribution in [0, 0.1) is 0 Å². The molecular weight excluding hydrogens is 707 g/mol. The van der Waals surface area contributed by atoms with Crippen LogP contribution in [0.4, 0.5) is 0 Å². The number of para-hydroxylation sites is 6. The molecule has 13 aromatic rings. The van der Waals surface area contributed by atoms with Crippen molar-refractivity contribution in [2.75, 3.05) is 0 Å². The summed E-state index contributed by atoms with van der Waals surface area (Å²) in [4.78, 5) is 5.19. The third-order valence-electron chi connectivity index (χ3n) is 12.2. The number of aromatic nitrogens is 5. The fourth-order valence-corrected chi connectivity index (χ4v) is 9.76. The molecule has 0 aliphatic carbocycles. The summed E-state index contributed by atoms with van der Waals surface area (Å²) in [6.45, 7) is 0. The van der Waals surface area contributed by atoms with Crippen LogP contribution in [-0.2, 0) is 0 Å². The first-order valence-corrected chi connectivity index (χ1v) is 19.8. The smallest absolute Gasteiger partial charge is 0.0985 e. The molecule has 0 aliphatic heterocycles. The zero-order chi connectivity index (χ0) is 37.9. The lowest BCUT2D eigenvalue weighted by Crippen LogP contribution is -2.00. The molecule has 58 heavy (non-hydrogen) atoms. The molecule has 5 heterocycles. The van der Waals surface area contributed by atoms with E-state index in [1.165, 1.54) is 49.0 Å². The monoisotopic (exact) mass is 739 g/mol. The maximum Gasteiger partial charge on any atom is 0.0985 e. The number of pyridine rings is 1. The lowest BCUT2D eigenvalue weighted by Gasteiger charge is -2.13. The summed E-state index contributed by atoms with van der Waals surface area (Å²) < 4.78 is 9.66. The molecule has 0 amide bonds. The summed E-state index contributed by atoms with van der Waals surface area (Å²) in [6, 6.07) is 70.2. The van der Waals surface area contributed by atoms with Crippen molar-refractivity contribution in [3.8, 4) is 22.7 Å². The number of hydrogen-bond donors (Lipinski definition) is 0. The Morgan fingerprint density at radius 1 is 0.259 bits per heavy atom. The van der Waals surface area contributed by atoms with Crippen LogP contribution < -0.4 is 0 Å². The fourth-order valence-electron chi connectivity index (χ4n) is 9.76. The highest BCUT2D eigenvalue weighted by Crippen LogP contribution is 2.42. The molecule has 0 N–H and O–H groups in total. The Morgan fingerprint density at radius 2 is 0.621 bits per heavy atom. The van der Waals surface area contributed by atoms with Crippen LogP contribution in [0.15, 0.2) is 200 Å². The maximum atomic E-state index is 5.19. The molecule has 0 atom stereocenters. The molecule has 5 heteroatoms. The number of hydrogen-bond acceptors (Lipinski definition) is 1. The van der Waals surface area contributed by atoms with Crippen LogP contribution in [0.2, 0.25) is 0 Å². The Morgan fingerprint density at radius 3 is 1.16 bits per heavy atom. The van der Waals surface area contributed by atoms with E-state index in [4.69, 9.17) is 4.98 Å². The van der Waals surface area contributed by atoms with Gasteiger partial charge in [-0.3, -0.25) is 4.98 Å². The molecule has 13 rings (SSSR count). The van der Waals surface area contributed by atoms with Crippen LogP contribution in [0.1, 0.15) is 0 Å². The Labute approximate surface area is 332 Å². The third-order valence-corrected chi connectivity index (χ3v) is 12.2. The lowest BCUT2D eigenvalue weighted by atomic mass is 10.1. The Hall–Kier alpha value is -7.89.